The van der Waals surface area contributed by atoms with Crippen molar-refractivity contribution in [1.82, 2.24) is 14.0 Å². The van der Waals surface area contributed by atoms with Crippen LogP contribution in [0.25, 0.3) is 16.7 Å². The fraction of sp³-hybridized carbons (Fsp3) is 0.0556. The van der Waals surface area contributed by atoms with Crippen LogP contribution >= 0.6 is 15.9 Å². The summed E-state index contributed by atoms with van der Waals surface area (Å²) in [5, 5.41) is 3.24. The molecule has 4 rings (SSSR count). The van der Waals surface area contributed by atoms with Crippen molar-refractivity contribution in [3.05, 3.63) is 75.2 Å². The number of halogens is 1. The number of anilines is 1. The molecule has 6 nitrogen and oxygen atoms in total. The van der Waals surface area contributed by atoms with Crippen LogP contribution in [0.4, 0.5) is 5.69 Å². The molecule has 0 radical (unpaired) electrons. The van der Waals surface area contributed by atoms with E-state index in [9.17, 15) is 9.59 Å². The highest BCUT2D eigenvalue weighted by molar-refractivity contribution is 9.10. The summed E-state index contributed by atoms with van der Waals surface area (Å²) >= 11 is 3.37. The quantitative estimate of drug-likeness (QED) is 0.565. The number of hydrogen-bond acceptors (Lipinski definition) is 3. The van der Waals surface area contributed by atoms with E-state index in [0.717, 1.165) is 4.47 Å². The Morgan fingerprint density at radius 3 is 2.80 bits per heavy atom. The van der Waals surface area contributed by atoms with Crippen LogP contribution in [-0.4, -0.2) is 19.9 Å². The minimum absolute atomic E-state index is 0.197. The fourth-order valence-electron chi connectivity index (χ4n) is 2.80. The molecule has 3 aromatic heterocycles. The summed E-state index contributed by atoms with van der Waals surface area (Å²) < 4.78 is 3.98. The van der Waals surface area contributed by atoms with Crippen molar-refractivity contribution in [3.8, 4) is 0 Å². The number of fused-ring (bicyclic) bond motifs is 2. The highest BCUT2D eigenvalue weighted by Crippen LogP contribution is 2.19. The Kier molecular flexibility index (Phi) is 3.65. The summed E-state index contributed by atoms with van der Waals surface area (Å²) in [5.74, 6) is -0.299. The molecular formula is C18H13BrN4O2. The predicted molar refractivity (Wildman–Crippen MR) is 100 cm³/mol. The average molecular weight is 397 g/mol. The van der Waals surface area contributed by atoms with E-state index < -0.39 is 0 Å². The first-order valence-corrected chi connectivity index (χ1v) is 8.37. The summed E-state index contributed by atoms with van der Waals surface area (Å²) in [7, 11) is 1.73. The van der Waals surface area contributed by atoms with Crippen molar-refractivity contribution in [3.63, 3.8) is 0 Å². The zero-order valence-electron chi connectivity index (χ0n) is 13.2. The number of nitrogens with one attached hydrogen (secondary N) is 1. The van der Waals surface area contributed by atoms with E-state index in [4.69, 9.17) is 0 Å². The van der Waals surface area contributed by atoms with Crippen molar-refractivity contribution < 1.29 is 4.79 Å². The van der Waals surface area contributed by atoms with Gasteiger partial charge in [0.25, 0.3) is 11.5 Å². The molecule has 0 unspecified atom stereocenters. The van der Waals surface area contributed by atoms with Gasteiger partial charge in [-0.15, -0.1) is 0 Å². The molecule has 0 aliphatic rings. The topological polar surface area (TPSA) is 68.4 Å². The van der Waals surface area contributed by atoms with Gasteiger partial charge in [-0.1, -0.05) is 28.1 Å². The zero-order valence-corrected chi connectivity index (χ0v) is 14.8. The molecule has 0 atom stereocenters. The number of benzene rings is 1. The smallest absolute Gasteiger partial charge is 0.272 e. The molecule has 0 aliphatic heterocycles. The number of nitrogens with zero attached hydrogens (tertiary/aromatic N) is 3. The number of pyridine rings is 1. The van der Waals surface area contributed by atoms with E-state index in [-0.39, 0.29) is 11.5 Å². The number of rotatable bonds is 2. The molecule has 25 heavy (non-hydrogen) atoms. The summed E-state index contributed by atoms with van der Waals surface area (Å²) in [6, 6.07) is 14.2. The fourth-order valence-corrected chi connectivity index (χ4v) is 3.20. The van der Waals surface area contributed by atoms with Crippen LogP contribution in [0, 0.1) is 0 Å². The molecule has 0 saturated carbocycles. The van der Waals surface area contributed by atoms with Gasteiger partial charge in [0.2, 0.25) is 0 Å². The summed E-state index contributed by atoms with van der Waals surface area (Å²) in [4.78, 5) is 29.8. The van der Waals surface area contributed by atoms with Gasteiger partial charge in [-0.25, -0.2) is 4.98 Å². The predicted octanol–water partition coefficient (Wildman–Crippen LogP) is 3.20. The van der Waals surface area contributed by atoms with Crippen LogP contribution in [0.2, 0.25) is 0 Å². The normalized spacial score (nSPS) is 11.1. The Morgan fingerprint density at radius 2 is 2.00 bits per heavy atom. The first-order chi connectivity index (χ1) is 12.0. The molecule has 0 fully saturated rings. The van der Waals surface area contributed by atoms with Gasteiger partial charge >= 0.3 is 0 Å². The third-order valence-corrected chi connectivity index (χ3v) is 4.52. The molecule has 7 heteroatoms. The van der Waals surface area contributed by atoms with Crippen LogP contribution in [-0.2, 0) is 7.05 Å². The Balaban J connectivity index is 1.84. The lowest BCUT2D eigenvalue weighted by Gasteiger charge is -2.06. The summed E-state index contributed by atoms with van der Waals surface area (Å²) in [6.45, 7) is 0. The van der Waals surface area contributed by atoms with Crippen molar-refractivity contribution >= 4 is 44.2 Å². The Hall–Kier alpha value is -2.93. The highest BCUT2D eigenvalue weighted by atomic mass is 79.9. The van der Waals surface area contributed by atoms with Crippen molar-refractivity contribution in [2.24, 2.45) is 7.05 Å². The van der Waals surface area contributed by atoms with E-state index in [2.05, 4.69) is 26.2 Å². The van der Waals surface area contributed by atoms with Crippen LogP contribution in [0.1, 0.15) is 10.5 Å². The third kappa shape index (κ3) is 2.62. The van der Waals surface area contributed by atoms with Gasteiger partial charge in [-0.2, -0.15) is 0 Å². The number of carbonyl (C=O) groups excluding carboxylic acids is 1. The molecule has 1 amide bonds. The standard InChI is InChI=1S/C18H13BrN4O2/c1-22-14(17(24)20-12-6-4-5-11(19)9-12)10-13-16(22)21-15-7-2-3-8-23(15)18(13)25/h2-10H,1H3,(H,20,24). The molecule has 3 heterocycles. The molecule has 0 spiro atoms. The summed E-state index contributed by atoms with van der Waals surface area (Å²) in [6.07, 6.45) is 1.67. The minimum Gasteiger partial charge on any atom is -0.324 e. The van der Waals surface area contributed by atoms with E-state index in [1.54, 1.807) is 42.1 Å². The average Bonchev–Trinajstić information content (AvgIpc) is 2.93. The van der Waals surface area contributed by atoms with Crippen LogP contribution < -0.4 is 10.9 Å². The second-order valence-electron chi connectivity index (χ2n) is 5.64. The Morgan fingerprint density at radius 1 is 1.16 bits per heavy atom. The zero-order chi connectivity index (χ0) is 17.6. The molecule has 0 aliphatic carbocycles. The van der Waals surface area contributed by atoms with Gasteiger partial charge in [0.15, 0.2) is 0 Å². The maximum atomic E-state index is 12.7. The Labute approximate surface area is 150 Å². The number of aryl methyl sites for hydroxylation is 1. The monoisotopic (exact) mass is 396 g/mol. The number of amides is 1. The maximum absolute atomic E-state index is 12.7. The van der Waals surface area contributed by atoms with E-state index in [1.807, 2.05) is 24.3 Å². The highest BCUT2D eigenvalue weighted by Gasteiger charge is 2.17. The van der Waals surface area contributed by atoms with Gasteiger partial charge in [-0.3, -0.25) is 14.0 Å². The lowest BCUT2D eigenvalue weighted by atomic mass is 10.3. The number of aromatic nitrogens is 3. The molecule has 0 bridgehead atoms. The second-order valence-corrected chi connectivity index (χ2v) is 6.55. The van der Waals surface area contributed by atoms with Gasteiger partial charge in [0, 0.05) is 23.4 Å². The van der Waals surface area contributed by atoms with Gasteiger partial charge in [0.05, 0.1) is 5.39 Å². The van der Waals surface area contributed by atoms with Crippen LogP contribution in [0.5, 0.6) is 0 Å². The first-order valence-electron chi connectivity index (χ1n) is 7.58. The van der Waals surface area contributed by atoms with Gasteiger partial charge in [-0.05, 0) is 36.4 Å². The Bertz CT molecular complexity index is 1190. The van der Waals surface area contributed by atoms with Crippen molar-refractivity contribution in [2.45, 2.75) is 0 Å². The lowest BCUT2D eigenvalue weighted by Crippen LogP contribution is -2.16. The minimum atomic E-state index is -0.299. The maximum Gasteiger partial charge on any atom is 0.272 e. The van der Waals surface area contributed by atoms with Crippen molar-refractivity contribution in [2.75, 3.05) is 5.32 Å². The van der Waals surface area contributed by atoms with Crippen LogP contribution in [0.15, 0.2) is 64.0 Å². The lowest BCUT2D eigenvalue weighted by molar-refractivity contribution is 0.101. The third-order valence-electron chi connectivity index (χ3n) is 4.02. The summed E-state index contributed by atoms with van der Waals surface area (Å²) in [5.41, 5.74) is 1.86. The SMILES string of the molecule is Cn1c(C(=O)Nc2cccc(Br)c2)cc2c(=O)n3ccccc3nc21. The van der Waals surface area contributed by atoms with E-state index in [1.165, 1.54) is 4.40 Å². The number of carbonyl (C=O) groups is 1. The van der Waals surface area contributed by atoms with Crippen molar-refractivity contribution in [1.29, 1.82) is 0 Å². The molecule has 124 valence electrons. The van der Waals surface area contributed by atoms with Gasteiger partial charge < -0.3 is 9.88 Å². The molecular weight excluding hydrogens is 384 g/mol. The molecule has 4 aromatic rings. The van der Waals surface area contributed by atoms with Crippen LogP contribution in [0.3, 0.4) is 0 Å². The first kappa shape index (κ1) is 15.6. The van der Waals surface area contributed by atoms with Gasteiger partial charge in [0.1, 0.15) is 17.0 Å². The van der Waals surface area contributed by atoms with E-state index in [0.29, 0.717) is 28.1 Å². The molecule has 1 N–H and O–H groups in total. The molecule has 0 saturated heterocycles. The number of hydrogen-bond donors (Lipinski definition) is 1. The largest absolute Gasteiger partial charge is 0.324 e. The molecule has 1 aromatic carbocycles. The van der Waals surface area contributed by atoms with E-state index >= 15 is 0 Å². The second kappa shape index (κ2) is 5.86.